The van der Waals surface area contributed by atoms with Crippen LogP contribution in [0.1, 0.15) is 33.4 Å². The number of rotatable bonds is 5. The van der Waals surface area contributed by atoms with Gasteiger partial charge in [0.25, 0.3) is 5.91 Å². The first kappa shape index (κ1) is 16.3. The van der Waals surface area contributed by atoms with Gasteiger partial charge in [-0.15, -0.1) is 0 Å². The van der Waals surface area contributed by atoms with E-state index < -0.39 is 17.1 Å². The Labute approximate surface area is 132 Å². The molecule has 0 saturated heterocycles. The molecule has 2 N–H and O–H groups in total. The summed E-state index contributed by atoms with van der Waals surface area (Å²) in [5.41, 5.74) is 4.63. The summed E-state index contributed by atoms with van der Waals surface area (Å²) in [6.45, 7) is 2.82. The molecule has 0 bridgehead atoms. The quantitative estimate of drug-likeness (QED) is 0.646. The molecule has 1 heterocycles. The molecular formula is C16H16N2O5. The third-order valence-electron chi connectivity index (χ3n) is 3.06. The SMILES string of the molecule is COc1ccc(C(=O)NNc2oc(C)cc(=O)c2C(C)=O)cc1. The van der Waals surface area contributed by atoms with E-state index in [2.05, 4.69) is 10.9 Å². The normalized spacial score (nSPS) is 10.0. The molecule has 0 fully saturated rings. The molecule has 7 nitrogen and oxygen atoms in total. The van der Waals surface area contributed by atoms with E-state index in [1.807, 2.05) is 0 Å². The van der Waals surface area contributed by atoms with E-state index in [0.29, 0.717) is 17.1 Å². The van der Waals surface area contributed by atoms with Crippen molar-refractivity contribution in [2.75, 3.05) is 12.5 Å². The summed E-state index contributed by atoms with van der Waals surface area (Å²) in [6.07, 6.45) is 0. The molecule has 0 aliphatic carbocycles. The number of methoxy groups -OCH3 is 1. The number of carbonyl (C=O) groups is 2. The fourth-order valence-corrected chi connectivity index (χ4v) is 1.96. The van der Waals surface area contributed by atoms with Gasteiger partial charge in [0.2, 0.25) is 5.88 Å². The standard InChI is InChI=1S/C16H16N2O5/c1-9-8-13(20)14(10(2)19)16(23-9)18-17-15(21)11-4-6-12(22-3)7-5-11/h4-8,18H,1-3H3,(H,17,21). The van der Waals surface area contributed by atoms with Crippen LogP contribution in [0.15, 0.2) is 39.5 Å². The number of carbonyl (C=O) groups excluding carboxylic acids is 2. The molecule has 1 aromatic heterocycles. The molecule has 0 aliphatic rings. The fraction of sp³-hybridized carbons (Fsp3) is 0.188. The summed E-state index contributed by atoms with van der Waals surface area (Å²) in [5.74, 6) is -0.0603. The summed E-state index contributed by atoms with van der Waals surface area (Å²) in [7, 11) is 1.53. The Morgan fingerprint density at radius 2 is 1.83 bits per heavy atom. The lowest BCUT2D eigenvalue weighted by molar-refractivity contribution is 0.0957. The smallest absolute Gasteiger partial charge is 0.269 e. The summed E-state index contributed by atoms with van der Waals surface area (Å²) < 4.78 is 10.3. The van der Waals surface area contributed by atoms with Crippen LogP contribution in [0.3, 0.4) is 0 Å². The van der Waals surface area contributed by atoms with Crippen molar-refractivity contribution in [1.29, 1.82) is 0 Å². The van der Waals surface area contributed by atoms with E-state index in [1.165, 1.54) is 20.1 Å². The van der Waals surface area contributed by atoms with Crippen LogP contribution in [0.5, 0.6) is 5.75 Å². The number of aryl methyl sites for hydroxylation is 1. The molecule has 0 saturated carbocycles. The van der Waals surface area contributed by atoms with Gasteiger partial charge in [0.1, 0.15) is 17.1 Å². The van der Waals surface area contributed by atoms with Crippen LogP contribution in [-0.4, -0.2) is 18.8 Å². The van der Waals surface area contributed by atoms with Crippen LogP contribution in [-0.2, 0) is 0 Å². The van der Waals surface area contributed by atoms with Gasteiger partial charge >= 0.3 is 0 Å². The van der Waals surface area contributed by atoms with Gasteiger partial charge < -0.3 is 9.15 Å². The Hall–Kier alpha value is -3.09. The molecule has 0 radical (unpaired) electrons. The van der Waals surface area contributed by atoms with Crippen molar-refractivity contribution in [2.45, 2.75) is 13.8 Å². The number of anilines is 1. The number of amides is 1. The highest BCUT2D eigenvalue weighted by molar-refractivity contribution is 5.99. The van der Waals surface area contributed by atoms with Crippen molar-refractivity contribution in [1.82, 2.24) is 5.43 Å². The zero-order chi connectivity index (χ0) is 17.0. The monoisotopic (exact) mass is 316 g/mol. The van der Waals surface area contributed by atoms with Gasteiger partial charge in [-0.1, -0.05) is 0 Å². The van der Waals surface area contributed by atoms with Crippen LogP contribution < -0.4 is 21.0 Å². The van der Waals surface area contributed by atoms with E-state index in [1.54, 1.807) is 31.2 Å². The lowest BCUT2D eigenvalue weighted by Crippen LogP contribution is -2.31. The van der Waals surface area contributed by atoms with Crippen molar-refractivity contribution in [2.24, 2.45) is 0 Å². The predicted octanol–water partition coefficient (Wildman–Crippen LogP) is 1.92. The van der Waals surface area contributed by atoms with Gasteiger partial charge in [0.15, 0.2) is 11.2 Å². The van der Waals surface area contributed by atoms with Crippen molar-refractivity contribution < 1.29 is 18.7 Å². The second-order valence-electron chi connectivity index (χ2n) is 4.79. The first-order chi connectivity index (χ1) is 10.9. The first-order valence-corrected chi connectivity index (χ1v) is 6.78. The molecule has 0 spiro atoms. The molecule has 0 aliphatic heterocycles. The van der Waals surface area contributed by atoms with Crippen LogP contribution >= 0.6 is 0 Å². The van der Waals surface area contributed by atoms with E-state index >= 15 is 0 Å². The highest BCUT2D eigenvalue weighted by Gasteiger charge is 2.16. The number of hydrogen-bond acceptors (Lipinski definition) is 6. The Morgan fingerprint density at radius 3 is 2.39 bits per heavy atom. The van der Waals surface area contributed by atoms with Gasteiger partial charge in [0.05, 0.1) is 7.11 Å². The Balaban J connectivity index is 2.18. The number of ketones is 1. The third kappa shape index (κ3) is 3.76. The summed E-state index contributed by atoms with van der Waals surface area (Å²) >= 11 is 0. The van der Waals surface area contributed by atoms with E-state index in [-0.39, 0.29) is 11.4 Å². The van der Waals surface area contributed by atoms with Gasteiger partial charge in [-0.2, -0.15) is 0 Å². The zero-order valence-corrected chi connectivity index (χ0v) is 12.9. The van der Waals surface area contributed by atoms with Crippen LogP contribution in [0.25, 0.3) is 0 Å². The fourth-order valence-electron chi connectivity index (χ4n) is 1.96. The molecule has 0 atom stereocenters. The van der Waals surface area contributed by atoms with Gasteiger partial charge in [-0.25, -0.2) is 0 Å². The highest BCUT2D eigenvalue weighted by atomic mass is 16.5. The summed E-state index contributed by atoms with van der Waals surface area (Å²) in [6, 6.07) is 7.65. The number of hydrazine groups is 1. The summed E-state index contributed by atoms with van der Waals surface area (Å²) in [4.78, 5) is 35.4. The first-order valence-electron chi connectivity index (χ1n) is 6.78. The zero-order valence-electron chi connectivity index (χ0n) is 12.9. The number of hydrogen-bond donors (Lipinski definition) is 2. The number of ether oxygens (including phenoxy) is 1. The molecule has 7 heteroatoms. The predicted molar refractivity (Wildman–Crippen MR) is 83.8 cm³/mol. The molecular weight excluding hydrogens is 300 g/mol. The van der Waals surface area contributed by atoms with Gasteiger partial charge in [-0.3, -0.25) is 25.2 Å². The van der Waals surface area contributed by atoms with Crippen molar-refractivity contribution in [3.8, 4) is 5.75 Å². The second-order valence-corrected chi connectivity index (χ2v) is 4.79. The summed E-state index contributed by atoms with van der Waals surface area (Å²) in [5, 5.41) is 0. The highest BCUT2D eigenvalue weighted by Crippen LogP contribution is 2.14. The number of nitrogens with one attached hydrogen (secondary N) is 2. The van der Waals surface area contributed by atoms with E-state index in [9.17, 15) is 14.4 Å². The molecule has 2 rings (SSSR count). The van der Waals surface area contributed by atoms with Crippen LogP contribution in [0.4, 0.5) is 5.88 Å². The van der Waals surface area contributed by atoms with E-state index in [0.717, 1.165) is 0 Å². The number of Topliss-reactive ketones (excluding diaryl/α,β-unsaturated/α-hetero) is 1. The maximum atomic E-state index is 12.0. The Morgan fingerprint density at radius 1 is 1.17 bits per heavy atom. The molecule has 1 aromatic carbocycles. The minimum atomic E-state index is -0.470. The van der Waals surface area contributed by atoms with Gasteiger partial charge in [0, 0.05) is 11.6 Å². The lowest BCUT2D eigenvalue weighted by Gasteiger charge is -2.11. The average Bonchev–Trinajstić information content (AvgIpc) is 2.51. The third-order valence-corrected chi connectivity index (χ3v) is 3.06. The lowest BCUT2D eigenvalue weighted by atomic mass is 10.2. The Bertz CT molecular complexity index is 793. The maximum Gasteiger partial charge on any atom is 0.269 e. The minimum absolute atomic E-state index is 0.0932. The molecule has 0 unspecified atom stereocenters. The maximum absolute atomic E-state index is 12.0. The molecule has 1 amide bonds. The van der Waals surface area contributed by atoms with Crippen LogP contribution in [0, 0.1) is 6.92 Å². The topological polar surface area (TPSA) is 97.6 Å². The van der Waals surface area contributed by atoms with Crippen LogP contribution in [0.2, 0.25) is 0 Å². The van der Waals surface area contributed by atoms with Gasteiger partial charge in [-0.05, 0) is 38.1 Å². The van der Waals surface area contributed by atoms with Crippen molar-refractivity contribution in [3.05, 3.63) is 57.4 Å². The molecule has 2 aromatic rings. The second kappa shape index (κ2) is 6.78. The van der Waals surface area contributed by atoms with Crippen molar-refractivity contribution >= 4 is 17.6 Å². The average molecular weight is 316 g/mol. The number of benzene rings is 1. The van der Waals surface area contributed by atoms with E-state index in [4.69, 9.17) is 9.15 Å². The minimum Gasteiger partial charge on any atom is -0.497 e. The largest absolute Gasteiger partial charge is 0.497 e. The molecule has 120 valence electrons. The molecule has 23 heavy (non-hydrogen) atoms. The Kier molecular flexibility index (Phi) is 4.80. The van der Waals surface area contributed by atoms with Crippen molar-refractivity contribution in [3.63, 3.8) is 0 Å².